The summed E-state index contributed by atoms with van der Waals surface area (Å²) in [5.41, 5.74) is 2.97. The third-order valence-corrected chi connectivity index (χ3v) is 4.82. The normalized spacial score (nSPS) is 11.3. The average molecular weight is 406 g/mol. The van der Waals surface area contributed by atoms with Crippen LogP contribution < -0.4 is 4.74 Å². The lowest BCUT2D eigenvalue weighted by Gasteiger charge is -2.10. The van der Waals surface area contributed by atoms with Gasteiger partial charge in [-0.1, -0.05) is 11.6 Å². The highest BCUT2D eigenvalue weighted by Crippen LogP contribution is 2.36. The molecular weight excluding hydrogens is 393 g/mol. The summed E-state index contributed by atoms with van der Waals surface area (Å²) >= 11 is 6.45. The maximum atomic E-state index is 14.9. The van der Waals surface area contributed by atoms with Crippen LogP contribution in [-0.2, 0) is 0 Å². The Kier molecular flexibility index (Phi) is 4.10. The van der Waals surface area contributed by atoms with Crippen molar-refractivity contribution >= 4 is 33.5 Å². The molecule has 0 saturated heterocycles. The Balaban J connectivity index is 1.61. The molecule has 142 valence electrons. The van der Waals surface area contributed by atoms with Crippen molar-refractivity contribution in [2.75, 3.05) is 0 Å². The Morgan fingerprint density at radius 1 is 1.03 bits per heavy atom. The Hall–Kier alpha value is -3.58. The quantitative estimate of drug-likeness (QED) is 0.431. The number of imidazole rings is 1. The molecule has 0 unspecified atom stereocenters. The van der Waals surface area contributed by atoms with Gasteiger partial charge in [-0.15, -0.1) is 0 Å². The molecule has 29 heavy (non-hydrogen) atoms. The second kappa shape index (κ2) is 6.79. The number of hydrogen-bond acceptors (Lipinski definition) is 5. The van der Waals surface area contributed by atoms with Gasteiger partial charge in [0.15, 0.2) is 0 Å². The van der Waals surface area contributed by atoms with Crippen LogP contribution in [0.5, 0.6) is 11.8 Å². The topological polar surface area (TPSA) is 76.6 Å². The smallest absolute Gasteiger partial charge is 0.321 e. The van der Waals surface area contributed by atoms with Gasteiger partial charge >= 0.3 is 6.01 Å². The predicted molar refractivity (Wildman–Crippen MR) is 109 cm³/mol. The van der Waals surface area contributed by atoms with Gasteiger partial charge in [0.1, 0.15) is 17.4 Å². The molecule has 0 bridgehead atoms. The number of aromatic nitrogens is 5. The number of aromatic amines is 1. The van der Waals surface area contributed by atoms with Crippen molar-refractivity contribution in [3.05, 3.63) is 71.7 Å². The van der Waals surface area contributed by atoms with Crippen LogP contribution in [0.1, 0.15) is 5.82 Å². The highest BCUT2D eigenvalue weighted by molar-refractivity contribution is 6.33. The van der Waals surface area contributed by atoms with Crippen molar-refractivity contribution in [3.8, 4) is 22.9 Å². The van der Waals surface area contributed by atoms with Crippen molar-refractivity contribution in [1.82, 2.24) is 24.9 Å². The summed E-state index contributed by atoms with van der Waals surface area (Å²) in [7, 11) is 0. The molecule has 5 rings (SSSR count). The minimum absolute atomic E-state index is 0.204. The first-order valence-corrected chi connectivity index (χ1v) is 9.15. The number of nitrogens with one attached hydrogen (secondary N) is 1. The van der Waals surface area contributed by atoms with Crippen molar-refractivity contribution < 1.29 is 9.13 Å². The minimum atomic E-state index is -0.418. The highest BCUT2D eigenvalue weighted by Gasteiger charge is 2.15. The fraction of sp³-hybridized carbons (Fsp3) is 0.0476. The molecule has 0 aliphatic heterocycles. The first kappa shape index (κ1) is 17.5. The van der Waals surface area contributed by atoms with E-state index in [9.17, 15) is 4.39 Å². The molecule has 0 spiro atoms. The molecule has 0 amide bonds. The second-order valence-corrected chi connectivity index (χ2v) is 6.87. The van der Waals surface area contributed by atoms with E-state index in [2.05, 4.69) is 24.9 Å². The molecule has 2 aromatic carbocycles. The molecule has 3 heterocycles. The van der Waals surface area contributed by atoms with Crippen LogP contribution in [0.25, 0.3) is 33.1 Å². The van der Waals surface area contributed by atoms with Crippen LogP contribution in [0.15, 0.2) is 55.0 Å². The molecule has 0 radical (unpaired) electrons. The minimum Gasteiger partial charge on any atom is -0.424 e. The summed E-state index contributed by atoms with van der Waals surface area (Å²) in [6.45, 7) is 1.86. The molecule has 0 aliphatic carbocycles. The lowest BCUT2D eigenvalue weighted by Crippen LogP contribution is -1.92. The number of aryl methyl sites for hydroxylation is 1. The van der Waals surface area contributed by atoms with Crippen LogP contribution in [0.2, 0.25) is 5.02 Å². The number of halogens is 2. The summed E-state index contributed by atoms with van der Waals surface area (Å²) in [5.74, 6) is 0.805. The van der Waals surface area contributed by atoms with Gasteiger partial charge in [0.2, 0.25) is 0 Å². The summed E-state index contributed by atoms with van der Waals surface area (Å²) in [6, 6.07) is 10.0. The van der Waals surface area contributed by atoms with Gasteiger partial charge in [-0.25, -0.2) is 19.3 Å². The number of pyridine rings is 1. The highest BCUT2D eigenvalue weighted by atomic mass is 35.5. The van der Waals surface area contributed by atoms with Crippen LogP contribution in [0.3, 0.4) is 0 Å². The van der Waals surface area contributed by atoms with Gasteiger partial charge in [-0.05, 0) is 31.2 Å². The molecule has 6 nitrogen and oxygen atoms in total. The summed E-state index contributed by atoms with van der Waals surface area (Å²) in [4.78, 5) is 20.0. The Morgan fingerprint density at radius 3 is 2.66 bits per heavy atom. The summed E-state index contributed by atoms with van der Waals surface area (Å²) < 4.78 is 20.4. The lowest BCUT2D eigenvalue weighted by atomic mass is 10.0. The van der Waals surface area contributed by atoms with Gasteiger partial charge in [0.25, 0.3) is 0 Å². The molecule has 1 N–H and O–H groups in total. The van der Waals surface area contributed by atoms with E-state index >= 15 is 0 Å². The molecular formula is C21H13ClFN5O. The molecule has 0 fully saturated rings. The molecule has 0 saturated carbocycles. The van der Waals surface area contributed by atoms with Crippen LogP contribution >= 0.6 is 11.6 Å². The Labute approximate surface area is 169 Å². The number of rotatable bonds is 3. The standard InChI is InChI=1S/C21H13ClFN5O/c1-11-27-19-10-26-18-9-17(23)14(8-15(18)20(19)28-11)13-4-3-12(7-16(13)22)29-21-24-5-2-6-25-21/h2-10H,1H3,(H,27,28). The number of fused-ring (bicyclic) bond motifs is 3. The Bertz CT molecular complexity index is 1370. The number of nitrogens with zero attached hydrogens (tertiary/aromatic N) is 4. The third-order valence-electron chi connectivity index (χ3n) is 4.51. The number of benzene rings is 2. The van der Waals surface area contributed by atoms with Crippen molar-refractivity contribution in [2.45, 2.75) is 6.92 Å². The maximum absolute atomic E-state index is 14.9. The van der Waals surface area contributed by atoms with Gasteiger partial charge < -0.3 is 9.72 Å². The zero-order valence-electron chi connectivity index (χ0n) is 15.1. The fourth-order valence-electron chi connectivity index (χ4n) is 3.23. The van der Waals surface area contributed by atoms with E-state index in [-0.39, 0.29) is 6.01 Å². The van der Waals surface area contributed by atoms with Crippen LogP contribution in [-0.4, -0.2) is 24.9 Å². The van der Waals surface area contributed by atoms with E-state index in [0.29, 0.717) is 27.4 Å². The van der Waals surface area contributed by atoms with Gasteiger partial charge in [0, 0.05) is 41.0 Å². The molecule has 8 heteroatoms. The maximum Gasteiger partial charge on any atom is 0.321 e. The largest absolute Gasteiger partial charge is 0.424 e. The van der Waals surface area contributed by atoms with E-state index < -0.39 is 5.82 Å². The lowest BCUT2D eigenvalue weighted by molar-refractivity contribution is 0.442. The van der Waals surface area contributed by atoms with E-state index in [4.69, 9.17) is 16.3 Å². The number of ether oxygens (including phenoxy) is 1. The summed E-state index contributed by atoms with van der Waals surface area (Å²) in [6.07, 6.45) is 4.81. The SMILES string of the molecule is Cc1nc2c(cnc3cc(F)c(-c4ccc(Oc5ncccn5)cc4Cl)cc32)[nH]1. The van der Waals surface area contributed by atoms with Gasteiger partial charge in [-0.2, -0.15) is 0 Å². The molecule has 3 aromatic heterocycles. The first-order chi connectivity index (χ1) is 14.1. The van der Waals surface area contributed by atoms with E-state index in [1.54, 1.807) is 48.9 Å². The number of hydrogen-bond donors (Lipinski definition) is 1. The van der Waals surface area contributed by atoms with Gasteiger partial charge in [0.05, 0.1) is 27.8 Å². The van der Waals surface area contributed by atoms with Gasteiger partial charge in [-0.3, -0.25) is 4.98 Å². The van der Waals surface area contributed by atoms with E-state index in [1.165, 1.54) is 6.07 Å². The molecule has 5 aromatic rings. The van der Waals surface area contributed by atoms with E-state index in [0.717, 1.165) is 22.2 Å². The molecule has 0 aliphatic rings. The van der Waals surface area contributed by atoms with Crippen LogP contribution in [0.4, 0.5) is 4.39 Å². The van der Waals surface area contributed by atoms with Crippen molar-refractivity contribution in [3.63, 3.8) is 0 Å². The third kappa shape index (κ3) is 3.15. The van der Waals surface area contributed by atoms with Crippen molar-refractivity contribution in [2.24, 2.45) is 0 Å². The zero-order chi connectivity index (χ0) is 20.0. The zero-order valence-corrected chi connectivity index (χ0v) is 15.9. The Morgan fingerprint density at radius 2 is 1.86 bits per heavy atom. The predicted octanol–water partition coefficient (Wildman–Crippen LogP) is 5.46. The van der Waals surface area contributed by atoms with Crippen LogP contribution in [0, 0.1) is 12.7 Å². The monoisotopic (exact) mass is 405 g/mol. The average Bonchev–Trinajstić information content (AvgIpc) is 3.09. The second-order valence-electron chi connectivity index (χ2n) is 6.47. The number of H-pyrrole nitrogens is 1. The first-order valence-electron chi connectivity index (χ1n) is 8.78. The summed E-state index contributed by atoms with van der Waals surface area (Å²) in [5, 5.41) is 1.09. The fourth-order valence-corrected chi connectivity index (χ4v) is 3.50. The van der Waals surface area contributed by atoms with Crippen molar-refractivity contribution in [1.29, 1.82) is 0 Å². The molecule has 0 atom stereocenters. The van der Waals surface area contributed by atoms with E-state index in [1.807, 2.05) is 6.92 Å².